The predicted molar refractivity (Wildman–Crippen MR) is 134 cm³/mol. The van der Waals surface area contributed by atoms with E-state index in [0.29, 0.717) is 19.2 Å². The van der Waals surface area contributed by atoms with Crippen LogP contribution in [0.1, 0.15) is 37.9 Å². The second-order valence-electron chi connectivity index (χ2n) is 7.25. The Hall–Kier alpha value is -1.87. The van der Waals surface area contributed by atoms with Crippen molar-refractivity contribution in [1.82, 2.24) is 20.5 Å². The molecular weight excluding hydrogens is 489 g/mol. The predicted octanol–water partition coefficient (Wildman–Crippen LogP) is 3.82. The largest absolute Gasteiger partial charge is 0.487 e. The molecule has 1 atom stereocenters. The summed E-state index contributed by atoms with van der Waals surface area (Å²) in [5.74, 6) is 1.72. The number of likely N-dealkylation sites (N-methyl/N-ethyl adjacent to an activating group) is 1. The van der Waals surface area contributed by atoms with Crippen LogP contribution in [-0.4, -0.2) is 48.1 Å². The van der Waals surface area contributed by atoms with E-state index in [1.807, 2.05) is 30.3 Å². The third kappa shape index (κ3) is 7.75. The third-order valence-electron chi connectivity index (χ3n) is 5.21. The van der Waals surface area contributed by atoms with Gasteiger partial charge >= 0.3 is 0 Å². The van der Waals surface area contributed by atoms with Crippen molar-refractivity contribution in [1.29, 1.82) is 0 Å². The van der Waals surface area contributed by atoms with Gasteiger partial charge in [-0.2, -0.15) is 0 Å². The Labute approximate surface area is 197 Å². The fourth-order valence-corrected chi connectivity index (χ4v) is 3.60. The third-order valence-corrected chi connectivity index (χ3v) is 5.21. The Morgan fingerprint density at radius 3 is 2.70 bits per heavy atom. The monoisotopic (exact) mass is 523 g/mol. The molecule has 7 heteroatoms. The van der Waals surface area contributed by atoms with Gasteiger partial charge in [-0.3, -0.25) is 9.88 Å². The van der Waals surface area contributed by atoms with Gasteiger partial charge < -0.3 is 15.4 Å². The van der Waals surface area contributed by atoms with Crippen LogP contribution in [0.5, 0.6) is 5.75 Å². The van der Waals surface area contributed by atoms with Crippen molar-refractivity contribution in [2.24, 2.45) is 4.99 Å². The van der Waals surface area contributed by atoms with Crippen molar-refractivity contribution in [3.8, 4) is 5.75 Å². The van der Waals surface area contributed by atoms with E-state index in [9.17, 15) is 0 Å². The zero-order valence-corrected chi connectivity index (χ0v) is 20.3. The molecule has 0 radical (unpaired) electrons. The molecule has 2 heterocycles. The average Bonchev–Trinajstić information content (AvgIpc) is 3.23. The van der Waals surface area contributed by atoms with Crippen LogP contribution >= 0.6 is 24.0 Å². The number of likely N-dealkylation sites (tertiary alicyclic amines) is 1. The van der Waals surface area contributed by atoms with E-state index >= 15 is 0 Å². The Bertz CT molecular complexity index is 754. The molecule has 1 aromatic carbocycles. The molecule has 1 aliphatic heterocycles. The molecule has 1 unspecified atom stereocenters. The lowest BCUT2D eigenvalue weighted by molar-refractivity contribution is 0.267. The maximum atomic E-state index is 5.80. The molecule has 0 spiro atoms. The number of nitrogens with zero attached hydrogens (tertiary/aromatic N) is 3. The highest BCUT2D eigenvalue weighted by atomic mass is 127. The van der Waals surface area contributed by atoms with E-state index in [4.69, 9.17) is 9.73 Å². The summed E-state index contributed by atoms with van der Waals surface area (Å²) in [6.45, 7) is 9.58. The molecule has 1 saturated heterocycles. The van der Waals surface area contributed by atoms with Gasteiger partial charge in [0.15, 0.2) is 5.96 Å². The summed E-state index contributed by atoms with van der Waals surface area (Å²) in [5, 5.41) is 6.86. The molecule has 30 heavy (non-hydrogen) atoms. The summed E-state index contributed by atoms with van der Waals surface area (Å²) in [5.41, 5.74) is 2.08. The second kappa shape index (κ2) is 13.4. The van der Waals surface area contributed by atoms with Crippen molar-refractivity contribution in [3.05, 3.63) is 59.9 Å². The normalized spacial score (nSPS) is 16.7. The summed E-state index contributed by atoms with van der Waals surface area (Å²) in [6, 6.07) is 14.6. The first-order valence-corrected chi connectivity index (χ1v) is 10.7. The van der Waals surface area contributed by atoms with Gasteiger partial charge in [0.05, 0.1) is 12.2 Å². The highest BCUT2D eigenvalue weighted by Crippen LogP contribution is 2.16. The van der Waals surface area contributed by atoms with E-state index in [1.54, 1.807) is 6.20 Å². The molecule has 2 aromatic rings. The molecule has 164 valence electrons. The van der Waals surface area contributed by atoms with Crippen LogP contribution in [0.3, 0.4) is 0 Å². The number of aromatic nitrogens is 1. The summed E-state index contributed by atoms with van der Waals surface area (Å²) >= 11 is 0. The molecule has 2 N–H and O–H groups in total. The van der Waals surface area contributed by atoms with Gasteiger partial charge in [-0.15, -0.1) is 24.0 Å². The molecule has 1 aliphatic rings. The van der Waals surface area contributed by atoms with Gasteiger partial charge in [0.1, 0.15) is 12.4 Å². The maximum Gasteiger partial charge on any atom is 0.191 e. The summed E-state index contributed by atoms with van der Waals surface area (Å²) in [4.78, 5) is 11.6. The van der Waals surface area contributed by atoms with E-state index in [-0.39, 0.29) is 24.0 Å². The van der Waals surface area contributed by atoms with Crippen LogP contribution in [0, 0.1) is 0 Å². The molecule has 0 aliphatic carbocycles. The number of benzene rings is 1. The summed E-state index contributed by atoms with van der Waals surface area (Å²) < 4.78 is 5.80. The number of aliphatic imine (C=N–C) groups is 1. The molecular formula is C23H34IN5O. The number of hydrogen-bond donors (Lipinski definition) is 2. The van der Waals surface area contributed by atoms with Gasteiger partial charge in [0.2, 0.25) is 0 Å². The van der Waals surface area contributed by atoms with E-state index in [2.05, 4.69) is 46.5 Å². The minimum atomic E-state index is 0. The standard InChI is InChI=1S/C23H33N5O.HI/c1-3-24-23(27-17-21-9-7-15-28(21)4-2)26-16-19-10-12-22(13-11-19)29-18-20-8-5-6-14-25-20;/h5-6,8,10-14,21H,3-4,7,9,15-18H2,1-2H3,(H2,24,26,27);1H. The number of pyridine rings is 1. The second-order valence-corrected chi connectivity index (χ2v) is 7.25. The molecule has 3 rings (SSSR count). The Morgan fingerprint density at radius 1 is 1.17 bits per heavy atom. The van der Waals surface area contributed by atoms with Crippen molar-refractivity contribution in [2.45, 2.75) is 45.9 Å². The lowest BCUT2D eigenvalue weighted by Gasteiger charge is -2.24. The minimum Gasteiger partial charge on any atom is -0.487 e. The first-order valence-electron chi connectivity index (χ1n) is 10.7. The molecule has 0 bridgehead atoms. The summed E-state index contributed by atoms with van der Waals surface area (Å²) in [6.07, 6.45) is 4.34. The van der Waals surface area contributed by atoms with Crippen LogP contribution < -0.4 is 15.4 Å². The highest BCUT2D eigenvalue weighted by molar-refractivity contribution is 14.0. The molecule has 0 saturated carbocycles. The fourth-order valence-electron chi connectivity index (χ4n) is 3.60. The zero-order chi connectivity index (χ0) is 20.3. The van der Waals surface area contributed by atoms with Crippen LogP contribution in [0.4, 0.5) is 0 Å². The van der Waals surface area contributed by atoms with E-state index < -0.39 is 0 Å². The maximum absolute atomic E-state index is 5.80. The smallest absolute Gasteiger partial charge is 0.191 e. The first kappa shape index (κ1) is 24.4. The van der Waals surface area contributed by atoms with E-state index in [1.165, 1.54) is 19.4 Å². The summed E-state index contributed by atoms with van der Waals surface area (Å²) in [7, 11) is 0. The number of halogens is 1. The average molecular weight is 523 g/mol. The van der Waals surface area contributed by atoms with E-state index in [0.717, 1.165) is 42.6 Å². The van der Waals surface area contributed by atoms with Crippen LogP contribution in [0.2, 0.25) is 0 Å². The van der Waals surface area contributed by atoms with Crippen molar-refractivity contribution < 1.29 is 4.74 Å². The van der Waals surface area contributed by atoms with Crippen molar-refractivity contribution in [2.75, 3.05) is 26.2 Å². The topological polar surface area (TPSA) is 61.8 Å². The van der Waals surface area contributed by atoms with Gasteiger partial charge in [-0.05, 0) is 62.7 Å². The van der Waals surface area contributed by atoms with Crippen molar-refractivity contribution >= 4 is 29.9 Å². The number of rotatable bonds is 9. The zero-order valence-electron chi connectivity index (χ0n) is 18.0. The fraction of sp³-hybridized carbons (Fsp3) is 0.478. The van der Waals surface area contributed by atoms with Crippen LogP contribution in [0.15, 0.2) is 53.7 Å². The minimum absolute atomic E-state index is 0. The van der Waals surface area contributed by atoms with Gasteiger partial charge in [0, 0.05) is 25.3 Å². The number of nitrogens with one attached hydrogen (secondary N) is 2. The van der Waals surface area contributed by atoms with Crippen LogP contribution in [0.25, 0.3) is 0 Å². The molecule has 1 aromatic heterocycles. The highest BCUT2D eigenvalue weighted by Gasteiger charge is 2.22. The van der Waals surface area contributed by atoms with Gasteiger partial charge in [0.25, 0.3) is 0 Å². The van der Waals surface area contributed by atoms with Gasteiger partial charge in [-0.1, -0.05) is 25.1 Å². The Kier molecular flexibility index (Phi) is 10.9. The van der Waals surface area contributed by atoms with Gasteiger partial charge in [-0.25, -0.2) is 4.99 Å². The molecule has 6 nitrogen and oxygen atoms in total. The first-order chi connectivity index (χ1) is 14.3. The molecule has 1 fully saturated rings. The Balaban J connectivity index is 0.00000320. The Morgan fingerprint density at radius 2 is 2.00 bits per heavy atom. The molecule has 0 amide bonds. The number of ether oxygens (including phenoxy) is 1. The van der Waals surface area contributed by atoms with Crippen molar-refractivity contribution in [3.63, 3.8) is 0 Å². The number of guanidine groups is 1. The SMILES string of the molecule is CCNC(=NCc1ccc(OCc2ccccn2)cc1)NCC1CCCN1CC.I. The number of hydrogen-bond acceptors (Lipinski definition) is 4. The lowest BCUT2D eigenvalue weighted by atomic mass is 10.2. The quantitative estimate of drug-likeness (QED) is 0.298. The lowest BCUT2D eigenvalue weighted by Crippen LogP contribution is -2.44. The van der Waals surface area contributed by atoms with Crippen LogP contribution in [-0.2, 0) is 13.2 Å².